The van der Waals surface area contributed by atoms with Crippen molar-refractivity contribution in [3.8, 4) is 0 Å². The predicted octanol–water partition coefficient (Wildman–Crippen LogP) is 2.52. The second kappa shape index (κ2) is 4.13. The second-order valence-corrected chi connectivity index (χ2v) is 6.29. The van der Waals surface area contributed by atoms with Gasteiger partial charge in [-0.15, -0.1) is 0 Å². The molecule has 2 aliphatic heterocycles. The molecule has 0 bridgehead atoms. The molecule has 1 aliphatic carbocycles. The number of benzene rings is 2. The first-order chi connectivity index (χ1) is 11.2. The van der Waals surface area contributed by atoms with E-state index in [1.165, 1.54) is 0 Å². The summed E-state index contributed by atoms with van der Waals surface area (Å²) < 4.78 is 0. The molecule has 1 unspecified atom stereocenters. The summed E-state index contributed by atoms with van der Waals surface area (Å²) in [5.74, 6) is -0.262. The van der Waals surface area contributed by atoms with Gasteiger partial charge in [0.1, 0.15) is 0 Å². The van der Waals surface area contributed by atoms with Gasteiger partial charge < -0.3 is 15.5 Å². The Morgan fingerprint density at radius 1 is 0.957 bits per heavy atom. The smallest absolute Gasteiger partial charge is 0.276 e. The predicted molar refractivity (Wildman–Crippen MR) is 86.0 cm³/mol. The summed E-state index contributed by atoms with van der Waals surface area (Å²) in [6.07, 6.45) is 1.87. The first-order valence-electron chi connectivity index (χ1n) is 7.83. The SMILES string of the molecule is O=C1c2ccccc2NC2(C(=O)Nc3ccccc32)N1C1CC1. The molecular weight excluding hydrogens is 290 g/mol. The second-order valence-electron chi connectivity index (χ2n) is 6.29. The lowest BCUT2D eigenvalue weighted by Gasteiger charge is -2.44. The average molecular weight is 305 g/mol. The number of rotatable bonds is 1. The lowest BCUT2D eigenvalue weighted by molar-refractivity contribution is -0.125. The highest BCUT2D eigenvalue weighted by Gasteiger charge is 2.59. The molecule has 2 heterocycles. The molecule has 1 saturated carbocycles. The monoisotopic (exact) mass is 305 g/mol. The van der Waals surface area contributed by atoms with E-state index in [0.717, 1.165) is 24.1 Å². The van der Waals surface area contributed by atoms with Crippen LogP contribution in [-0.4, -0.2) is 22.8 Å². The van der Waals surface area contributed by atoms with Gasteiger partial charge >= 0.3 is 0 Å². The standard InChI is InChI=1S/C18H15N3O2/c22-16-12-5-1-3-7-14(12)20-18(21(16)11-9-10-11)13-6-2-4-8-15(13)19-17(18)23/h1-8,11,20H,9-10H2,(H,19,23). The van der Waals surface area contributed by atoms with Crippen molar-refractivity contribution in [1.82, 2.24) is 4.90 Å². The maximum absolute atomic E-state index is 13.1. The van der Waals surface area contributed by atoms with Crippen LogP contribution in [0.1, 0.15) is 28.8 Å². The Kier molecular flexibility index (Phi) is 2.28. The molecule has 2 aromatic rings. The van der Waals surface area contributed by atoms with Crippen LogP contribution in [0.15, 0.2) is 48.5 Å². The number of anilines is 2. The van der Waals surface area contributed by atoms with E-state index in [4.69, 9.17) is 0 Å². The summed E-state index contributed by atoms with van der Waals surface area (Å²) in [6.45, 7) is 0. The largest absolute Gasteiger partial charge is 0.350 e. The quantitative estimate of drug-likeness (QED) is 0.851. The fourth-order valence-corrected chi connectivity index (χ4v) is 3.69. The minimum absolute atomic E-state index is 0.0753. The fraction of sp³-hybridized carbons (Fsp3) is 0.222. The van der Waals surface area contributed by atoms with E-state index in [1.54, 1.807) is 4.90 Å². The summed E-state index contributed by atoms with van der Waals surface area (Å²) >= 11 is 0. The molecule has 1 fully saturated rings. The number of nitrogens with zero attached hydrogens (tertiary/aromatic N) is 1. The number of carbonyl (C=O) groups is 2. The third-order valence-corrected chi connectivity index (χ3v) is 4.86. The van der Waals surface area contributed by atoms with Crippen molar-refractivity contribution >= 4 is 23.2 Å². The van der Waals surface area contributed by atoms with Crippen LogP contribution in [0, 0.1) is 0 Å². The topological polar surface area (TPSA) is 61.4 Å². The lowest BCUT2D eigenvalue weighted by atomic mass is 9.93. The maximum Gasteiger partial charge on any atom is 0.276 e. The molecular formula is C18H15N3O2. The Bertz CT molecular complexity index is 859. The van der Waals surface area contributed by atoms with E-state index < -0.39 is 5.66 Å². The van der Waals surface area contributed by atoms with Crippen LogP contribution in [-0.2, 0) is 10.5 Å². The molecule has 5 rings (SSSR count). The lowest BCUT2D eigenvalue weighted by Crippen LogP contribution is -2.62. The van der Waals surface area contributed by atoms with Gasteiger partial charge in [0.2, 0.25) is 5.66 Å². The number of hydrogen-bond donors (Lipinski definition) is 2. The van der Waals surface area contributed by atoms with Crippen LogP contribution in [0.2, 0.25) is 0 Å². The zero-order chi connectivity index (χ0) is 15.6. The Morgan fingerprint density at radius 3 is 2.43 bits per heavy atom. The summed E-state index contributed by atoms with van der Waals surface area (Å²) in [4.78, 5) is 27.8. The van der Waals surface area contributed by atoms with Gasteiger partial charge in [-0.3, -0.25) is 9.59 Å². The van der Waals surface area contributed by atoms with Crippen molar-refractivity contribution in [2.45, 2.75) is 24.5 Å². The van der Waals surface area contributed by atoms with Crippen molar-refractivity contribution in [1.29, 1.82) is 0 Å². The maximum atomic E-state index is 13.1. The number of carbonyl (C=O) groups excluding carboxylic acids is 2. The Labute approximate surface area is 133 Å². The zero-order valence-corrected chi connectivity index (χ0v) is 12.4. The first kappa shape index (κ1) is 12.7. The number of para-hydroxylation sites is 2. The Hall–Kier alpha value is -2.82. The van der Waals surface area contributed by atoms with Gasteiger partial charge in [0, 0.05) is 23.0 Å². The van der Waals surface area contributed by atoms with Gasteiger partial charge in [0.15, 0.2) is 0 Å². The Morgan fingerprint density at radius 2 is 1.65 bits per heavy atom. The highest BCUT2D eigenvalue weighted by molar-refractivity contribution is 6.14. The summed E-state index contributed by atoms with van der Waals surface area (Å²) in [6, 6.07) is 15.1. The van der Waals surface area contributed by atoms with E-state index in [9.17, 15) is 9.59 Å². The van der Waals surface area contributed by atoms with E-state index >= 15 is 0 Å². The zero-order valence-electron chi connectivity index (χ0n) is 12.4. The fourth-order valence-electron chi connectivity index (χ4n) is 3.69. The van der Waals surface area contributed by atoms with Crippen molar-refractivity contribution in [3.05, 3.63) is 59.7 Å². The van der Waals surface area contributed by atoms with Gasteiger partial charge in [-0.05, 0) is 31.0 Å². The van der Waals surface area contributed by atoms with Crippen LogP contribution in [0.25, 0.3) is 0 Å². The van der Waals surface area contributed by atoms with Crippen LogP contribution < -0.4 is 10.6 Å². The highest BCUT2D eigenvalue weighted by atomic mass is 16.2. The molecule has 3 aliphatic rings. The highest BCUT2D eigenvalue weighted by Crippen LogP contribution is 2.49. The molecule has 0 saturated heterocycles. The molecule has 0 aromatic heterocycles. The van der Waals surface area contributed by atoms with Crippen LogP contribution in [0.5, 0.6) is 0 Å². The normalized spacial score (nSPS) is 25.0. The summed E-state index contributed by atoms with van der Waals surface area (Å²) in [7, 11) is 0. The Balaban J connectivity index is 1.79. The van der Waals surface area contributed by atoms with Crippen LogP contribution in [0.4, 0.5) is 11.4 Å². The molecule has 2 amide bonds. The molecule has 2 N–H and O–H groups in total. The van der Waals surface area contributed by atoms with Crippen molar-refractivity contribution < 1.29 is 9.59 Å². The van der Waals surface area contributed by atoms with Crippen molar-refractivity contribution in [2.24, 2.45) is 0 Å². The number of nitrogens with one attached hydrogen (secondary N) is 2. The number of amides is 2. The van der Waals surface area contributed by atoms with E-state index in [2.05, 4.69) is 10.6 Å². The number of hydrogen-bond acceptors (Lipinski definition) is 3. The minimum atomic E-state index is -1.14. The molecule has 5 heteroatoms. The van der Waals surface area contributed by atoms with E-state index in [0.29, 0.717) is 11.3 Å². The van der Waals surface area contributed by atoms with Crippen molar-refractivity contribution in [2.75, 3.05) is 10.6 Å². The van der Waals surface area contributed by atoms with Crippen LogP contribution >= 0.6 is 0 Å². The van der Waals surface area contributed by atoms with Gasteiger partial charge in [-0.2, -0.15) is 0 Å². The van der Waals surface area contributed by atoms with Gasteiger partial charge in [-0.1, -0.05) is 30.3 Å². The molecule has 23 heavy (non-hydrogen) atoms. The third kappa shape index (κ3) is 1.51. The molecule has 1 spiro atoms. The first-order valence-corrected chi connectivity index (χ1v) is 7.83. The third-order valence-electron chi connectivity index (χ3n) is 4.86. The van der Waals surface area contributed by atoms with Gasteiger partial charge in [0.25, 0.3) is 11.8 Å². The minimum Gasteiger partial charge on any atom is -0.350 e. The van der Waals surface area contributed by atoms with Crippen LogP contribution in [0.3, 0.4) is 0 Å². The van der Waals surface area contributed by atoms with Crippen molar-refractivity contribution in [3.63, 3.8) is 0 Å². The summed E-state index contributed by atoms with van der Waals surface area (Å²) in [5.41, 5.74) is 1.79. The average Bonchev–Trinajstić information content (AvgIpc) is 3.35. The van der Waals surface area contributed by atoms with E-state index in [-0.39, 0.29) is 17.9 Å². The number of fused-ring (bicyclic) bond motifs is 3. The van der Waals surface area contributed by atoms with E-state index in [1.807, 2.05) is 48.5 Å². The molecule has 0 radical (unpaired) electrons. The molecule has 2 aromatic carbocycles. The van der Waals surface area contributed by atoms with Gasteiger partial charge in [0.05, 0.1) is 5.56 Å². The summed E-state index contributed by atoms with van der Waals surface area (Å²) in [5, 5.41) is 6.30. The molecule has 5 nitrogen and oxygen atoms in total. The van der Waals surface area contributed by atoms with Gasteiger partial charge in [-0.25, -0.2) is 0 Å². The molecule has 114 valence electrons. The molecule has 1 atom stereocenters.